The summed E-state index contributed by atoms with van der Waals surface area (Å²) in [6.45, 7) is 0.667. The highest BCUT2D eigenvalue weighted by Crippen LogP contribution is 2.44. The van der Waals surface area contributed by atoms with E-state index in [2.05, 4.69) is 39.6 Å². The quantitative estimate of drug-likeness (QED) is 0.749. The fourth-order valence-electron chi connectivity index (χ4n) is 3.35. The van der Waals surface area contributed by atoms with E-state index in [0.29, 0.717) is 19.0 Å². The van der Waals surface area contributed by atoms with Gasteiger partial charge in [-0.1, -0.05) is 54.6 Å². The van der Waals surface area contributed by atoms with Gasteiger partial charge < -0.3 is 10.1 Å². The SMILES string of the molecule is O=C(NCC=Cc1ncccn1)OCC1c2ccccc2-c2ccccc21. The van der Waals surface area contributed by atoms with Crippen LogP contribution in [0.1, 0.15) is 22.9 Å². The van der Waals surface area contributed by atoms with Crippen molar-refractivity contribution in [2.45, 2.75) is 5.92 Å². The van der Waals surface area contributed by atoms with Crippen LogP contribution in [0.25, 0.3) is 17.2 Å². The number of aromatic nitrogens is 2. The molecule has 0 unspecified atom stereocenters. The van der Waals surface area contributed by atoms with Gasteiger partial charge >= 0.3 is 6.09 Å². The van der Waals surface area contributed by atoms with Crippen molar-refractivity contribution in [1.29, 1.82) is 0 Å². The molecular weight excluding hydrogens is 338 g/mol. The Balaban J connectivity index is 1.35. The fourth-order valence-corrected chi connectivity index (χ4v) is 3.35. The number of alkyl carbamates (subject to hydrolysis) is 1. The van der Waals surface area contributed by atoms with Crippen LogP contribution in [-0.4, -0.2) is 29.2 Å². The molecule has 0 fully saturated rings. The van der Waals surface area contributed by atoms with Gasteiger partial charge in [0.25, 0.3) is 0 Å². The second-order valence-electron chi connectivity index (χ2n) is 6.22. The lowest BCUT2D eigenvalue weighted by Crippen LogP contribution is -2.26. The molecule has 0 radical (unpaired) electrons. The maximum atomic E-state index is 12.0. The van der Waals surface area contributed by atoms with Crippen LogP contribution >= 0.6 is 0 Å². The largest absolute Gasteiger partial charge is 0.449 e. The Morgan fingerprint density at radius 3 is 2.26 bits per heavy atom. The molecule has 0 atom stereocenters. The topological polar surface area (TPSA) is 64.1 Å². The summed E-state index contributed by atoms with van der Waals surface area (Å²) >= 11 is 0. The Morgan fingerprint density at radius 2 is 1.59 bits per heavy atom. The monoisotopic (exact) mass is 357 g/mol. The predicted octanol–water partition coefficient (Wildman–Crippen LogP) is 4.03. The van der Waals surface area contributed by atoms with Gasteiger partial charge in [0.15, 0.2) is 5.82 Å². The number of hydrogen-bond acceptors (Lipinski definition) is 4. The molecular formula is C22H19N3O2. The molecule has 1 amide bonds. The van der Waals surface area contributed by atoms with Crippen LogP contribution in [0.4, 0.5) is 4.79 Å². The van der Waals surface area contributed by atoms with Crippen molar-refractivity contribution in [3.63, 3.8) is 0 Å². The second kappa shape index (κ2) is 7.83. The zero-order valence-electron chi connectivity index (χ0n) is 14.7. The molecule has 3 aromatic rings. The number of carbonyl (C=O) groups excluding carboxylic acids is 1. The maximum Gasteiger partial charge on any atom is 0.407 e. The molecule has 2 aromatic carbocycles. The molecule has 4 rings (SSSR count). The van der Waals surface area contributed by atoms with E-state index in [1.165, 1.54) is 22.3 Å². The van der Waals surface area contributed by atoms with Gasteiger partial charge in [-0.15, -0.1) is 0 Å². The Kier molecular flexibility index (Phi) is 4.92. The number of ether oxygens (including phenoxy) is 1. The van der Waals surface area contributed by atoms with Crippen molar-refractivity contribution < 1.29 is 9.53 Å². The third-order valence-corrected chi connectivity index (χ3v) is 4.56. The number of rotatable bonds is 5. The summed E-state index contributed by atoms with van der Waals surface area (Å²) in [6, 6.07) is 18.3. The van der Waals surface area contributed by atoms with Crippen LogP contribution < -0.4 is 5.32 Å². The highest BCUT2D eigenvalue weighted by atomic mass is 16.5. The van der Waals surface area contributed by atoms with E-state index >= 15 is 0 Å². The van der Waals surface area contributed by atoms with Crippen LogP contribution in [0, 0.1) is 0 Å². The summed E-state index contributed by atoms with van der Waals surface area (Å²) in [4.78, 5) is 20.2. The minimum Gasteiger partial charge on any atom is -0.449 e. The summed E-state index contributed by atoms with van der Waals surface area (Å²) in [7, 11) is 0. The van der Waals surface area contributed by atoms with Crippen molar-refractivity contribution in [3.8, 4) is 11.1 Å². The molecule has 0 saturated heterocycles. The lowest BCUT2D eigenvalue weighted by molar-refractivity contribution is 0.144. The number of carbonyl (C=O) groups is 1. The fraction of sp³-hybridized carbons (Fsp3) is 0.136. The third-order valence-electron chi connectivity index (χ3n) is 4.56. The number of benzene rings is 2. The predicted molar refractivity (Wildman–Crippen MR) is 104 cm³/mol. The van der Waals surface area contributed by atoms with Crippen molar-refractivity contribution in [2.24, 2.45) is 0 Å². The molecule has 1 N–H and O–H groups in total. The lowest BCUT2D eigenvalue weighted by Gasteiger charge is -2.14. The van der Waals surface area contributed by atoms with Gasteiger partial charge in [-0.05, 0) is 34.4 Å². The third kappa shape index (κ3) is 3.72. The Bertz CT molecular complexity index is 925. The molecule has 5 nitrogen and oxygen atoms in total. The van der Waals surface area contributed by atoms with Crippen molar-refractivity contribution >= 4 is 12.2 Å². The van der Waals surface area contributed by atoms with Gasteiger partial charge in [0.1, 0.15) is 6.61 Å². The Hall–Kier alpha value is -3.47. The summed E-state index contributed by atoms with van der Waals surface area (Å²) in [5.74, 6) is 0.670. The van der Waals surface area contributed by atoms with Crippen LogP contribution in [0.2, 0.25) is 0 Å². The first-order valence-corrected chi connectivity index (χ1v) is 8.85. The average molecular weight is 357 g/mol. The van der Waals surface area contributed by atoms with E-state index in [1.54, 1.807) is 30.6 Å². The smallest absolute Gasteiger partial charge is 0.407 e. The van der Waals surface area contributed by atoms with E-state index in [4.69, 9.17) is 4.74 Å². The molecule has 1 heterocycles. The van der Waals surface area contributed by atoms with E-state index in [1.807, 2.05) is 24.3 Å². The van der Waals surface area contributed by atoms with Gasteiger partial charge in [0, 0.05) is 24.9 Å². The molecule has 1 aromatic heterocycles. The average Bonchev–Trinajstić information content (AvgIpc) is 3.04. The standard InChI is InChI=1S/C22H19N3O2/c26-22(25-12-5-11-21-23-13-6-14-24-21)27-15-20-18-9-3-1-7-16(18)17-8-2-4-10-19(17)20/h1-11,13-14,20H,12,15H2,(H,25,26). The highest BCUT2D eigenvalue weighted by Gasteiger charge is 2.28. The van der Waals surface area contributed by atoms with Crippen LogP contribution in [0.15, 0.2) is 73.1 Å². The minimum atomic E-state index is -0.435. The molecule has 27 heavy (non-hydrogen) atoms. The van der Waals surface area contributed by atoms with E-state index in [-0.39, 0.29) is 5.92 Å². The van der Waals surface area contributed by atoms with Gasteiger partial charge in [-0.3, -0.25) is 0 Å². The van der Waals surface area contributed by atoms with Crippen molar-refractivity contribution in [1.82, 2.24) is 15.3 Å². The first-order valence-electron chi connectivity index (χ1n) is 8.85. The number of nitrogens with zero attached hydrogens (tertiary/aromatic N) is 2. The molecule has 0 spiro atoms. The van der Waals surface area contributed by atoms with Crippen LogP contribution in [0.5, 0.6) is 0 Å². The summed E-state index contributed by atoms with van der Waals surface area (Å²) in [5.41, 5.74) is 4.83. The Labute approximate surface area is 157 Å². The van der Waals surface area contributed by atoms with Crippen LogP contribution in [-0.2, 0) is 4.74 Å². The van der Waals surface area contributed by atoms with E-state index in [0.717, 1.165) is 0 Å². The first kappa shape index (κ1) is 17.0. The van der Waals surface area contributed by atoms with Gasteiger partial charge in [0.05, 0.1) is 0 Å². The minimum absolute atomic E-state index is 0.0661. The zero-order valence-corrected chi connectivity index (χ0v) is 14.7. The molecule has 0 aliphatic heterocycles. The number of fused-ring (bicyclic) bond motifs is 3. The summed E-state index contributed by atoms with van der Waals surface area (Å²) < 4.78 is 5.48. The van der Waals surface area contributed by atoms with Gasteiger partial charge in [-0.25, -0.2) is 14.8 Å². The van der Waals surface area contributed by atoms with E-state index < -0.39 is 6.09 Å². The van der Waals surface area contributed by atoms with Gasteiger partial charge in [0.2, 0.25) is 0 Å². The van der Waals surface area contributed by atoms with Crippen molar-refractivity contribution in [2.75, 3.05) is 13.2 Å². The molecule has 0 saturated carbocycles. The molecule has 1 aliphatic rings. The number of amides is 1. The highest BCUT2D eigenvalue weighted by molar-refractivity contribution is 5.79. The summed E-state index contributed by atoms with van der Waals surface area (Å²) in [5, 5.41) is 2.72. The molecule has 5 heteroatoms. The zero-order chi connectivity index (χ0) is 18.5. The second-order valence-corrected chi connectivity index (χ2v) is 6.22. The number of nitrogens with one attached hydrogen (secondary N) is 1. The lowest BCUT2D eigenvalue weighted by atomic mass is 9.98. The first-order chi connectivity index (χ1) is 13.3. The van der Waals surface area contributed by atoms with Crippen LogP contribution in [0.3, 0.4) is 0 Å². The maximum absolute atomic E-state index is 12.0. The summed E-state index contributed by atoms with van der Waals surface area (Å²) in [6.07, 6.45) is 6.45. The molecule has 1 aliphatic carbocycles. The Morgan fingerprint density at radius 1 is 0.963 bits per heavy atom. The molecule has 0 bridgehead atoms. The van der Waals surface area contributed by atoms with Gasteiger partial charge in [-0.2, -0.15) is 0 Å². The van der Waals surface area contributed by atoms with Crippen molar-refractivity contribution in [3.05, 3.63) is 90.0 Å². The number of hydrogen-bond donors (Lipinski definition) is 1. The molecule has 134 valence electrons. The normalized spacial score (nSPS) is 12.6. The van der Waals surface area contributed by atoms with E-state index in [9.17, 15) is 4.79 Å².